The smallest absolute Gasteiger partial charge is 0.244 e. The molecule has 1 aliphatic heterocycles. The number of sulfonamides is 1. The fourth-order valence-corrected chi connectivity index (χ4v) is 6.45. The average Bonchev–Trinajstić information content (AvgIpc) is 2.88. The predicted octanol–water partition coefficient (Wildman–Crippen LogP) is 1.98. The summed E-state index contributed by atoms with van der Waals surface area (Å²) in [7, 11) is -1.49. The highest BCUT2D eigenvalue weighted by atomic mass is 32.2. The van der Waals surface area contributed by atoms with Crippen LogP contribution >= 0.6 is 23.1 Å². The van der Waals surface area contributed by atoms with Crippen molar-refractivity contribution in [3.05, 3.63) is 16.3 Å². The van der Waals surface area contributed by atoms with Crippen LogP contribution in [0.25, 0.3) is 0 Å². The van der Waals surface area contributed by atoms with Crippen LogP contribution in [0, 0.1) is 0 Å². The van der Waals surface area contributed by atoms with Gasteiger partial charge >= 0.3 is 0 Å². The highest BCUT2D eigenvalue weighted by Gasteiger charge is 2.31. The molecule has 1 fully saturated rings. The Bertz CT molecular complexity index is 513. The molecule has 1 saturated heterocycles. The Morgan fingerprint density at radius 2 is 2.32 bits per heavy atom. The van der Waals surface area contributed by atoms with Gasteiger partial charge < -0.3 is 5.32 Å². The first-order chi connectivity index (χ1) is 9.09. The first kappa shape index (κ1) is 15.3. The number of rotatable bonds is 5. The van der Waals surface area contributed by atoms with E-state index >= 15 is 0 Å². The number of hydrogen-bond donors (Lipinski definition) is 1. The maximum Gasteiger partial charge on any atom is 0.244 e. The van der Waals surface area contributed by atoms with E-state index in [2.05, 4.69) is 12.2 Å². The van der Waals surface area contributed by atoms with Crippen LogP contribution in [0.4, 0.5) is 0 Å². The molecule has 1 aromatic heterocycles. The van der Waals surface area contributed by atoms with Crippen molar-refractivity contribution < 1.29 is 8.42 Å². The largest absolute Gasteiger partial charge is 0.315 e. The molecule has 1 atom stereocenters. The minimum atomic E-state index is -3.32. The molecular weight excluding hydrogens is 300 g/mol. The second-order valence-electron chi connectivity index (χ2n) is 4.50. The van der Waals surface area contributed by atoms with Crippen molar-refractivity contribution in [1.29, 1.82) is 0 Å². The second kappa shape index (κ2) is 6.58. The van der Waals surface area contributed by atoms with Crippen LogP contribution in [0.3, 0.4) is 0 Å². The topological polar surface area (TPSA) is 49.4 Å². The molecule has 0 aliphatic carbocycles. The molecule has 0 bridgehead atoms. The van der Waals surface area contributed by atoms with Gasteiger partial charge in [0.15, 0.2) is 0 Å². The lowest BCUT2D eigenvalue weighted by Gasteiger charge is -2.31. The standard InChI is InChI=1S/C12H20N2O2S3/c1-3-10-9-14(5-7-17-10)19(15,16)12-4-6-18-11(12)8-13-2/h4,6,10,13H,3,5,7-9H2,1-2H3. The molecule has 0 amide bonds. The first-order valence-electron chi connectivity index (χ1n) is 6.42. The number of nitrogens with zero attached hydrogens (tertiary/aromatic N) is 1. The van der Waals surface area contributed by atoms with E-state index in [4.69, 9.17) is 0 Å². The highest BCUT2D eigenvalue weighted by Crippen LogP contribution is 2.29. The van der Waals surface area contributed by atoms with Crippen LogP contribution in [0.2, 0.25) is 0 Å². The lowest BCUT2D eigenvalue weighted by atomic mass is 10.3. The van der Waals surface area contributed by atoms with Crippen LogP contribution in [0.5, 0.6) is 0 Å². The van der Waals surface area contributed by atoms with Crippen LogP contribution in [-0.4, -0.2) is 43.9 Å². The van der Waals surface area contributed by atoms with E-state index in [-0.39, 0.29) is 0 Å². The molecule has 1 unspecified atom stereocenters. The molecule has 7 heteroatoms. The number of nitrogens with one attached hydrogen (secondary N) is 1. The molecule has 0 radical (unpaired) electrons. The van der Waals surface area contributed by atoms with Gasteiger partial charge in [-0.3, -0.25) is 0 Å². The van der Waals surface area contributed by atoms with Gasteiger partial charge in [0.2, 0.25) is 10.0 Å². The summed E-state index contributed by atoms with van der Waals surface area (Å²) < 4.78 is 27.1. The normalized spacial score (nSPS) is 21.7. The average molecular weight is 321 g/mol. The van der Waals surface area contributed by atoms with E-state index in [1.807, 2.05) is 24.2 Å². The maximum absolute atomic E-state index is 12.7. The predicted molar refractivity (Wildman–Crippen MR) is 82.4 cm³/mol. The lowest BCUT2D eigenvalue weighted by molar-refractivity contribution is 0.415. The van der Waals surface area contributed by atoms with Gasteiger partial charge in [-0.25, -0.2) is 8.42 Å². The summed E-state index contributed by atoms with van der Waals surface area (Å²) in [6.45, 7) is 3.98. The van der Waals surface area contributed by atoms with E-state index in [9.17, 15) is 8.42 Å². The third kappa shape index (κ3) is 3.33. The Hall–Kier alpha value is -0.0800. The zero-order valence-corrected chi connectivity index (χ0v) is 13.7. The Morgan fingerprint density at radius 1 is 1.53 bits per heavy atom. The van der Waals surface area contributed by atoms with E-state index in [0.717, 1.165) is 17.1 Å². The van der Waals surface area contributed by atoms with Gasteiger partial charge in [0.25, 0.3) is 0 Å². The van der Waals surface area contributed by atoms with Crippen LogP contribution in [0.1, 0.15) is 18.2 Å². The van der Waals surface area contributed by atoms with E-state index in [1.165, 1.54) is 11.3 Å². The SMILES string of the molecule is CCC1CN(S(=O)(=O)c2ccsc2CNC)CCS1. The third-order valence-electron chi connectivity index (χ3n) is 3.22. The Morgan fingerprint density at radius 3 is 3.00 bits per heavy atom. The number of thioether (sulfide) groups is 1. The molecule has 108 valence electrons. The van der Waals surface area contributed by atoms with Gasteiger partial charge in [-0.2, -0.15) is 16.1 Å². The van der Waals surface area contributed by atoms with Crippen LogP contribution in [-0.2, 0) is 16.6 Å². The zero-order chi connectivity index (χ0) is 13.9. The molecule has 1 N–H and O–H groups in total. The summed E-state index contributed by atoms with van der Waals surface area (Å²) in [5.74, 6) is 0.892. The molecule has 2 heterocycles. The summed E-state index contributed by atoms with van der Waals surface area (Å²) in [6.07, 6.45) is 1.02. The number of thiophene rings is 1. The summed E-state index contributed by atoms with van der Waals surface area (Å²) in [5.41, 5.74) is 0. The molecule has 4 nitrogen and oxygen atoms in total. The van der Waals surface area contributed by atoms with Crippen molar-refractivity contribution in [3.63, 3.8) is 0 Å². The van der Waals surface area contributed by atoms with E-state index in [1.54, 1.807) is 10.4 Å². The fraction of sp³-hybridized carbons (Fsp3) is 0.667. The van der Waals surface area contributed by atoms with Gasteiger partial charge in [0, 0.05) is 35.5 Å². The summed E-state index contributed by atoms with van der Waals surface area (Å²) in [6, 6.07) is 1.73. The van der Waals surface area contributed by atoms with Gasteiger partial charge in [-0.05, 0) is 24.9 Å². The van der Waals surface area contributed by atoms with E-state index < -0.39 is 10.0 Å². The van der Waals surface area contributed by atoms with Gasteiger partial charge in [-0.1, -0.05) is 6.92 Å². The van der Waals surface area contributed by atoms with E-state index in [0.29, 0.717) is 29.8 Å². The summed E-state index contributed by atoms with van der Waals surface area (Å²) >= 11 is 3.38. The monoisotopic (exact) mass is 320 g/mol. The lowest BCUT2D eigenvalue weighted by Crippen LogP contribution is -2.41. The zero-order valence-electron chi connectivity index (χ0n) is 11.3. The third-order valence-corrected chi connectivity index (χ3v) is 7.59. The molecule has 0 saturated carbocycles. The second-order valence-corrected chi connectivity index (χ2v) is 8.82. The molecule has 0 spiro atoms. The minimum Gasteiger partial charge on any atom is -0.315 e. The molecule has 19 heavy (non-hydrogen) atoms. The summed E-state index contributed by atoms with van der Waals surface area (Å²) in [4.78, 5) is 1.38. The molecule has 1 aliphatic rings. The van der Waals surface area contributed by atoms with Crippen molar-refractivity contribution in [2.75, 3.05) is 25.9 Å². The van der Waals surface area contributed by atoms with Crippen molar-refractivity contribution >= 4 is 33.1 Å². The van der Waals surface area contributed by atoms with Crippen molar-refractivity contribution in [3.8, 4) is 0 Å². The fourth-order valence-electron chi connectivity index (χ4n) is 2.14. The molecular formula is C12H20N2O2S3. The van der Waals surface area contributed by atoms with Gasteiger partial charge in [-0.15, -0.1) is 11.3 Å². The van der Waals surface area contributed by atoms with Crippen molar-refractivity contribution in [1.82, 2.24) is 9.62 Å². The highest BCUT2D eigenvalue weighted by molar-refractivity contribution is 8.00. The Kier molecular flexibility index (Phi) is 5.30. The molecule has 1 aromatic rings. The van der Waals surface area contributed by atoms with Gasteiger partial charge in [0.05, 0.1) is 4.90 Å². The van der Waals surface area contributed by atoms with Crippen molar-refractivity contribution in [2.24, 2.45) is 0 Å². The molecule has 0 aromatic carbocycles. The van der Waals surface area contributed by atoms with Crippen LogP contribution in [0.15, 0.2) is 16.3 Å². The van der Waals surface area contributed by atoms with Crippen LogP contribution < -0.4 is 5.32 Å². The quantitative estimate of drug-likeness (QED) is 0.901. The minimum absolute atomic E-state index is 0.426. The number of hydrogen-bond acceptors (Lipinski definition) is 5. The van der Waals surface area contributed by atoms with Crippen molar-refractivity contribution in [2.45, 2.75) is 30.0 Å². The Balaban J connectivity index is 2.23. The Labute approximate surface area is 123 Å². The summed E-state index contributed by atoms with van der Waals surface area (Å²) in [5, 5.41) is 5.31. The molecule has 2 rings (SSSR count). The maximum atomic E-state index is 12.7. The first-order valence-corrected chi connectivity index (χ1v) is 9.79. The van der Waals surface area contributed by atoms with Gasteiger partial charge in [0.1, 0.15) is 0 Å².